The number of alkyl halides is 3. The lowest BCUT2D eigenvalue weighted by atomic mass is 9.95. The highest BCUT2D eigenvalue weighted by molar-refractivity contribution is 7.48. The molecule has 1 rings (SSSR count). The Kier molecular flexibility index (Phi) is 6.15. The first-order valence-corrected chi connectivity index (χ1v) is 7.84. The fourth-order valence-electron chi connectivity index (χ4n) is 1.66. The number of nitriles is 1. The molecule has 5 nitrogen and oxygen atoms in total. The number of phosphoric ester groups is 1. The predicted octanol–water partition coefficient (Wildman–Crippen LogP) is 4.17. The van der Waals surface area contributed by atoms with Crippen molar-refractivity contribution in [1.82, 2.24) is 0 Å². The van der Waals surface area contributed by atoms with E-state index in [-0.39, 0.29) is 13.2 Å². The van der Waals surface area contributed by atoms with Gasteiger partial charge in [-0.05, 0) is 13.8 Å². The highest BCUT2D eigenvalue weighted by Gasteiger charge is 2.62. The third kappa shape index (κ3) is 3.87. The molecule has 0 aromatic heterocycles. The van der Waals surface area contributed by atoms with E-state index in [0.29, 0.717) is 0 Å². The molecule has 9 heteroatoms. The predicted molar refractivity (Wildman–Crippen MR) is 71.7 cm³/mol. The van der Waals surface area contributed by atoms with Crippen molar-refractivity contribution in [2.24, 2.45) is 0 Å². The first-order chi connectivity index (χ1) is 10.2. The number of hydrogen-bond donors (Lipinski definition) is 0. The van der Waals surface area contributed by atoms with Crippen LogP contribution in [0.2, 0.25) is 0 Å². The number of benzene rings is 1. The molecule has 22 heavy (non-hydrogen) atoms. The van der Waals surface area contributed by atoms with Gasteiger partial charge in [0, 0.05) is 5.56 Å². The van der Waals surface area contributed by atoms with Crippen LogP contribution < -0.4 is 0 Å². The fourth-order valence-corrected chi connectivity index (χ4v) is 3.06. The van der Waals surface area contributed by atoms with Gasteiger partial charge in [-0.2, -0.15) is 18.4 Å². The second-order valence-electron chi connectivity index (χ2n) is 4.03. The van der Waals surface area contributed by atoms with Crippen LogP contribution in [-0.2, 0) is 23.7 Å². The van der Waals surface area contributed by atoms with E-state index in [0.717, 1.165) is 18.2 Å². The van der Waals surface area contributed by atoms with Crippen molar-refractivity contribution in [2.75, 3.05) is 13.2 Å². The molecular weight excluding hydrogens is 322 g/mol. The number of halogens is 3. The Morgan fingerprint density at radius 1 is 1.14 bits per heavy atom. The minimum absolute atomic E-state index is 0.203. The highest BCUT2D eigenvalue weighted by Crippen LogP contribution is 2.58. The molecule has 0 N–H and O–H groups in total. The fraction of sp³-hybridized carbons (Fsp3) is 0.462. The van der Waals surface area contributed by atoms with Gasteiger partial charge in [-0.25, -0.2) is 9.09 Å². The maximum atomic E-state index is 13.5. The summed E-state index contributed by atoms with van der Waals surface area (Å²) in [7, 11) is -4.56. The molecule has 0 aliphatic carbocycles. The van der Waals surface area contributed by atoms with Crippen molar-refractivity contribution in [1.29, 1.82) is 5.26 Å². The topological polar surface area (TPSA) is 68.6 Å². The van der Waals surface area contributed by atoms with Crippen LogP contribution in [0.4, 0.5) is 13.2 Å². The molecule has 0 spiro atoms. The van der Waals surface area contributed by atoms with Crippen molar-refractivity contribution < 1.29 is 31.3 Å². The van der Waals surface area contributed by atoms with Crippen LogP contribution in [0, 0.1) is 11.3 Å². The second kappa shape index (κ2) is 7.25. The average molecular weight is 337 g/mol. The van der Waals surface area contributed by atoms with Crippen LogP contribution in [-0.4, -0.2) is 19.4 Å². The number of hydrogen-bond acceptors (Lipinski definition) is 5. The van der Waals surface area contributed by atoms with Crippen molar-refractivity contribution in [3.63, 3.8) is 0 Å². The number of rotatable bonds is 7. The zero-order valence-electron chi connectivity index (χ0n) is 12.0. The van der Waals surface area contributed by atoms with Gasteiger partial charge >= 0.3 is 14.0 Å². The van der Waals surface area contributed by atoms with Gasteiger partial charge in [0.1, 0.15) is 6.07 Å². The molecule has 1 unspecified atom stereocenters. The Balaban J connectivity index is 3.40. The molecule has 1 aromatic rings. The van der Waals surface area contributed by atoms with Gasteiger partial charge in [0.2, 0.25) is 0 Å². The molecule has 0 aliphatic rings. The summed E-state index contributed by atoms with van der Waals surface area (Å²) in [6.45, 7) is 2.43. The average Bonchev–Trinajstić information content (AvgIpc) is 2.45. The molecule has 0 fully saturated rings. The first kappa shape index (κ1) is 18.7. The lowest BCUT2D eigenvalue weighted by Gasteiger charge is -2.31. The summed E-state index contributed by atoms with van der Waals surface area (Å²) in [5.74, 6) is 0. The van der Waals surface area contributed by atoms with Gasteiger partial charge in [0.15, 0.2) is 0 Å². The zero-order chi connectivity index (χ0) is 16.9. The Bertz CT molecular complexity index is 563. The Hall–Kier alpha value is -1.39. The van der Waals surface area contributed by atoms with Crippen LogP contribution in [0.15, 0.2) is 30.3 Å². The van der Waals surface area contributed by atoms with Crippen molar-refractivity contribution >= 4 is 7.82 Å². The van der Waals surface area contributed by atoms with Crippen LogP contribution in [0.5, 0.6) is 0 Å². The van der Waals surface area contributed by atoms with E-state index >= 15 is 0 Å². The second-order valence-corrected chi connectivity index (χ2v) is 5.62. The Morgan fingerprint density at radius 3 is 2.00 bits per heavy atom. The summed E-state index contributed by atoms with van der Waals surface area (Å²) >= 11 is 0. The van der Waals surface area contributed by atoms with Gasteiger partial charge in [0.25, 0.3) is 5.60 Å². The molecule has 0 aliphatic heterocycles. The van der Waals surface area contributed by atoms with E-state index in [9.17, 15) is 17.7 Å². The summed E-state index contributed by atoms with van der Waals surface area (Å²) in [5, 5.41) is 9.14. The van der Waals surface area contributed by atoms with Gasteiger partial charge in [-0.1, -0.05) is 30.3 Å². The van der Waals surface area contributed by atoms with Gasteiger partial charge < -0.3 is 0 Å². The smallest absolute Gasteiger partial charge is 0.287 e. The summed E-state index contributed by atoms with van der Waals surface area (Å²) in [6.07, 6.45) is -5.15. The quantitative estimate of drug-likeness (QED) is 0.699. The maximum absolute atomic E-state index is 13.5. The molecule has 0 saturated carbocycles. The lowest BCUT2D eigenvalue weighted by Crippen LogP contribution is -2.43. The lowest BCUT2D eigenvalue weighted by molar-refractivity contribution is -0.236. The van der Waals surface area contributed by atoms with Crippen molar-refractivity contribution in [3.8, 4) is 6.07 Å². The van der Waals surface area contributed by atoms with Crippen LogP contribution in [0.25, 0.3) is 0 Å². The molecule has 0 bridgehead atoms. The number of phosphoric acid groups is 1. The molecule has 1 atom stereocenters. The SMILES string of the molecule is CCOP(=O)(OCC)OC(C#N)(c1ccccc1)C(F)(F)F. The Morgan fingerprint density at radius 2 is 1.64 bits per heavy atom. The maximum Gasteiger partial charge on any atom is 0.476 e. The minimum atomic E-state index is -5.15. The summed E-state index contributed by atoms with van der Waals surface area (Å²) in [6, 6.07) is 7.27. The van der Waals surface area contributed by atoms with Crippen molar-refractivity contribution in [2.45, 2.75) is 25.6 Å². The molecular formula is C13H15F3NO4P. The number of nitrogens with zero attached hydrogens (tertiary/aromatic N) is 1. The van der Waals surface area contributed by atoms with Gasteiger partial charge in [-0.3, -0.25) is 9.05 Å². The molecule has 0 saturated heterocycles. The molecule has 0 radical (unpaired) electrons. The van der Waals surface area contributed by atoms with E-state index < -0.39 is 25.2 Å². The standard InChI is InChI=1S/C13H15F3NO4P/c1-3-19-22(18,20-4-2)21-12(10-17,13(14,15)16)11-8-6-5-7-9-11/h5-9H,3-4H2,1-2H3. The summed E-state index contributed by atoms with van der Waals surface area (Å²) in [4.78, 5) is 0. The van der Waals surface area contributed by atoms with Gasteiger partial charge in [0.05, 0.1) is 13.2 Å². The normalized spacial score (nSPS) is 15.1. The summed E-state index contributed by atoms with van der Waals surface area (Å²) < 4.78 is 66.8. The Labute approximate surface area is 126 Å². The molecule has 0 amide bonds. The van der Waals surface area contributed by atoms with Crippen LogP contribution >= 0.6 is 7.82 Å². The highest BCUT2D eigenvalue weighted by atomic mass is 31.2. The third-order valence-corrected chi connectivity index (χ3v) is 4.21. The molecule has 1 aromatic carbocycles. The summed E-state index contributed by atoms with van der Waals surface area (Å²) in [5.41, 5.74) is -3.96. The van der Waals surface area contributed by atoms with Gasteiger partial charge in [-0.15, -0.1) is 0 Å². The van der Waals surface area contributed by atoms with Crippen molar-refractivity contribution in [3.05, 3.63) is 35.9 Å². The van der Waals surface area contributed by atoms with E-state index in [2.05, 4.69) is 4.52 Å². The largest absolute Gasteiger partial charge is 0.476 e. The van der Waals surface area contributed by atoms with Crippen LogP contribution in [0.3, 0.4) is 0 Å². The first-order valence-electron chi connectivity index (χ1n) is 6.38. The van der Waals surface area contributed by atoms with E-state index in [1.807, 2.05) is 0 Å². The third-order valence-electron chi connectivity index (χ3n) is 2.56. The monoisotopic (exact) mass is 337 g/mol. The van der Waals surface area contributed by atoms with E-state index in [1.165, 1.54) is 32.0 Å². The molecule has 122 valence electrons. The minimum Gasteiger partial charge on any atom is -0.287 e. The van der Waals surface area contributed by atoms with E-state index in [1.54, 1.807) is 0 Å². The van der Waals surface area contributed by atoms with E-state index in [4.69, 9.17) is 14.3 Å². The molecule has 0 heterocycles. The zero-order valence-corrected chi connectivity index (χ0v) is 12.9. The van der Waals surface area contributed by atoms with Crippen LogP contribution in [0.1, 0.15) is 19.4 Å².